The summed E-state index contributed by atoms with van der Waals surface area (Å²) in [5, 5.41) is 0. The normalized spacial score (nSPS) is 10.9. The average Bonchev–Trinajstić information content (AvgIpc) is 1.84. The quantitative estimate of drug-likeness (QED) is 0.417. The molecule has 0 rings (SSSR count). The molecule has 0 aromatic carbocycles. The topological polar surface area (TPSA) is 17.1 Å². The van der Waals surface area contributed by atoms with Gasteiger partial charge in [-0.05, 0) is 12.8 Å². The summed E-state index contributed by atoms with van der Waals surface area (Å²) in [5.41, 5.74) is -0.159. The van der Waals surface area contributed by atoms with Gasteiger partial charge >= 0.3 is 0 Å². The molecule has 0 fully saturated rings. The summed E-state index contributed by atoms with van der Waals surface area (Å²) in [6.07, 6.45) is 4.66. The number of rotatable bonds is 4. The minimum absolute atomic E-state index is 0.159. The van der Waals surface area contributed by atoms with E-state index in [1.807, 2.05) is 19.9 Å². The third-order valence-electron chi connectivity index (χ3n) is 1.31. The zero-order valence-electron chi connectivity index (χ0n) is 6.18. The van der Waals surface area contributed by atoms with Crippen LogP contribution in [-0.4, -0.2) is 6.29 Å². The van der Waals surface area contributed by atoms with Crippen LogP contribution in [0.5, 0.6) is 0 Å². The molecular formula is C8H14O. The van der Waals surface area contributed by atoms with Gasteiger partial charge < -0.3 is 4.79 Å². The van der Waals surface area contributed by atoms with Crippen molar-refractivity contribution in [2.45, 2.75) is 26.7 Å². The van der Waals surface area contributed by atoms with Crippen LogP contribution in [0.15, 0.2) is 12.7 Å². The molecule has 0 radical (unpaired) electrons. The van der Waals surface area contributed by atoms with E-state index in [0.29, 0.717) is 0 Å². The van der Waals surface area contributed by atoms with E-state index in [-0.39, 0.29) is 5.41 Å². The maximum atomic E-state index is 10.3. The molecule has 0 aliphatic carbocycles. The second-order valence-electron chi connectivity index (χ2n) is 2.93. The number of hydrogen-bond acceptors (Lipinski definition) is 1. The maximum Gasteiger partial charge on any atom is 0.125 e. The van der Waals surface area contributed by atoms with Gasteiger partial charge in [-0.25, -0.2) is 0 Å². The van der Waals surface area contributed by atoms with Gasteiger partial charge in [0.05, 0.1) is 0 Å². The third kappa shape index (κ3) is 3.95. The van der Waals surface area contributed by atoms with Gasteiger partial charge in [0.25, 0.3) is 0 Å². The SMILES string of the molecule is C=CCCC(C)(C)C=O. The van der Waals surface area contributed by atoms with Crippen molar-refractivity contribution in [3.63, 3.8) is 0 Å². The largest absolute Gasteiger partial charge is 0.303 e. The molecular weight excluding hydrogens is 112 g/mol. The van der Waals surface area contributed by atoms with E-state index >= 15 is 0 Å². The van der Waals surface area contributed by atoms with Crippen molar-refractivity contribution in [2.24, 2.45) is 5.41 Å². The van der Waals surface area contributed by atoms with Gasteiger partial charge in [0.1, 0.15) is 6.29 Å². The first kappa shape index (κ1) is 8.41. The molecule has 52 valence electrons. The third-order valence-corrected chi connectivity index (χ3v) is 1.31. The molecule has 0 bridgehead atoms. The van der Waals surface area contributed by atoms with Crippen molar-refractivity contribution >= 4 is 6.29 Å². The number of hydrogen-bond donors (Lipinski definition) is 0. The zero-order valence-corrected chi connectivity index (χ0v) is 6.18. The Bertz CT molecular complexity index is 103. The van der Waals surface area contributed by atoms with Gasteiger partial charge in [0, 0.05) is 5.41 Å². The van der Waals surface area contributed by atoms with E-state index in [2.05, 4.69) is 6.58 Å². The van der Waals surface area contributed by atoms with Crippen LogP contribution in [0.3, 0.4) is 0 Å². The lowest BCUT2D eigenvalue weighted by atomic mass is 9.90. The fraction of sp³-hybridized carbons (Fsp3) is 0.625. The Morgan fingerprint density at radius 1 is 1.56 bits per heavy atom. The van der Waals surface area contributed by atoms with Crippen LogP contribution < -0.4 is 0 Å². The average molecular weight is 126 g/mol. The van der Waals surface area contributed by atoms with E-state index in [1.54, 1.807) is 0 Å². The highest BCUT2D eigenvalue weighted by Crippen LogP contribution is 2.18. The molecule has 0 N–H and O–H groups in total. The van der Waals surface area contributed by atoms with Crippen LogP contribution in [0.4, 0.5) is 0 Å². The summed E-state index contributed by atoms with van der Waals surface area (Å²) in [6, 6.07) is 0. The summed E-state index contributed by atoms with van der Waals surface area (Å²) in [7, 11) is 0. The summed E-state index contributed by atoms with van der Waals surface area (Å²) in [6.45, 7) is 7.45. The Kier molecular flexibility index (Phi) is 3.21. The van der Waals surface area contributed by atoms with E-state index < -0.39 is 0 Å². The molecule has 9 heavy (non-hydrogen) atoms. The lowest BCUT2D eigenvalue weighted by molar-refractivity contribution is -0.114. The molecule has 0 heterocycles. The number of aldehydes is 1. The lowest BCUT2D eigenvalue weighted by Gasteiger charge is -2.13. The predicted molar refractivity (Wildman–Crippen MR) is 39.3 cm³/mol. The number of carbonyl (C=O) groups excluding carboxylic acids is 1. The zero-order chi connectivity index (χ0) is 7.33. The highest BCUT2D eigenvalue weighted by atomic mass is 16.1. The van der Waals surface area contributed by atoms with Crippen molar-refractivity contribution in [1.82, 2.24) is 0 Å². The van der Waals surface area contributed by atoms with Gasteiger partial charge in [-0.1, -0.05) is 19.9 Å². The molecule has 1 heteroatoms. The molecule has 0 aliphatic heterocycles. The van der Waals surface area contributed by atoms with Crippen LogP contribution in [0, 0.1) is 5.41 Å². The Morgan fingerprint density at radius 2 is 2.11 bits per heavy atom. The molecule has 0 spiro atoms. The van der Waals surface area contributed by atoms with Crippen LogP contribution in [-0.2, 0) is 4.79 Å². The van der Waals surface area contributed by atoms with E-state index in [9.17, 15) is 4.79 Å². The first-order chi connectivity index (χ1) is 4.12. The van der Waals surface area contributed by atoms with Gasteiger partial charge in [-0.15, -0.1) is 6.58 Å². The van der Waals surface area contributed by atoms with Crippen LogP contribution in [0.25, 0.3) is 0 Å². The Hall–Kier alpha value is -0.590. The summed E-state index contributed by atoms with van der Waals surface area (Å²) < 4.78 is 0. The van der Waals surface area contributed by atoms with Gasteiger partial charge in [-0.3, -0.25) is 0 Å². The van der Waals surface area contributed by atoms with E-state index in [4.69, 9.17) is 0 Å². The molecule has 0 saturated heterocycles. The second kappa shape index (κ2) is 3.44. The molecule has 1 nitrogen and oxygen atoms in total. The highest BCUT2D eigenvalue weighted by molar-refractivity contribution is 5.57. The van der Waals surface area contributed by atoms with Crippen LogP contribution in [0.2, 0.25) is 0 Å². The summed E-state index contributed by atoms with van der Waals surface area (Å²) in [5.74, 6) is 0. The van der Waals surface area contributed by atoms with Crippen molar-refractivity contribution in [2.75, 3.05) is 0 Å². The summed E-state index contributed by atoms with van der Waals surface area (Å²) in [4.78, 5) is 10.3. The minimum Gasteiger partial charge on any atom is -0.303 e. The molecule has 0 unspecified atom stereocenters. The Labute approximate surface area is 56.8 Å². The van der Waals surface area contributed by atoms with Crippen molar-refractivity contribution in [3.8, 4) is 0 Å². The van der Waals surface area contributed by atoms with Gasteiger partial charge in [0.2, 0.25) is 0 Å². The fourth-order valence-corrected chi connectivity index (χ4v) is 0.533. The van der Waals surface area contributed by atoms with Crippen LogP contribution >= 0.6 is 0 Å². The Morgan fingerprint density at radius 3 is 2.44 bits per heavy atom. The fourth-order valence-electron chi connectivity index (χ4n) is 0.533. The first-order valence-corrected chi connectivity index (χ1v) is 3.19. The van der Waals surface area contributed by atoms with Crippen molar-refractivity contribution < 1.29 is 4.79 Å². The smallest absolute Gasteiger partial charge is 0.125 e. The lowest BCUT2D eigenvalue weighted by Crippen LogP contribution is -2.11. The van der Waals surface area contributed by atoms with E-state index in [1.165, 1.54) is 0 Å². The molecule has 0 aliphatic rings. The second-order valence-corrected chi connectivity index (χ2v) is 2.93. The Balaban J connectivity index is 3.57. The molecule has 0 saturated carbocycles. The van der Waals surface area contributed by atoms with Crippen molar-refractivity contribution in [3.05, 3.63) is 12.7 Å². The summed E-state index contributed by atoms with van der Waals surface area (Å²) >= 11 is 0. The molecule has 0 atom stereocenters. The van der Waals surface area contributed by atoms with Gasteiger partial charge in [-0.2, -0.15) is 0 Å². The van der Waals surface area contributed by atoms with E-state index in [0.717, 1.165) is 19.1 Å². The standard InChI is InChI=1S/C8H14O/c1-4-5-6-8(2,3)7-9/h4,7H,1,5-6H2,2-3H3. The monoisotopic (exact) mass is 126 g/mol. The predicted octanol–water partition coefficient (Wildman–Crippen LogP) is 2.18. The minimum atomic E-state index is -0.159. The highest BCUT2D eigenvalue weighted by Gasteiger charge is 2.13. The first-order valence-electron chi connectivity index (χ1n) is 3.19. The number of carbonyl (C=O) groups is 1. The maximum absolute atomic E-state index is 10.3. The number of allylic oxidation sites excluding steroid dienone is 1. The molecule has 0 aromatic rings. The van der Waals surface area contributed by atoms with Crippen LogP contribution in [0.1, 0.15) is 26.7 Å². The molecule has 0 aromatic heterocycles. The van der Waals surface area contributed by atoms with Crippen molar-refractivity contribution in [1.29, 1.82) is 0 Å². The van der Waals surface area contributed by atoms with Gasteiger partial charge in [0.15, 0.2) is 0 Å². The molecule has 0 amide bonds.